The molecule has 0 rings (SSSR count). The van der Waals surface area contributed by atoms with Crippen molar-refractivity contribution in [3.05, 3.63) is 0 Å². The van der Waals surface area contributed by atoms with Gasteiger partial charge in [-0.3, -0.25) is 4.46 Å². The molecule has 0 radical (unpaired) electrons. The number of hydrogen-bond donors (Lipinski definition) is 2. The Morgan fingerprint density at radius 3 is 1.43 bits per heavy atom. The minimum atomic E-state index is -3.13. The molecule has 7 heavy (non-hydrogen) atoms. The summed E-state index contributed by atoms with van der Waals surface area (Å²) < 4.78 is 8.74. The Hall–Kier alpha value is 2.18. The molecule has 0 aliphatic carbocycles. The molecule has 0 heterocycles. The predicted octanol–water partition coefficient (Wildman–Crippen LogP) is -3.11. The van der Waals surface area contributed by atoms with Crippen molar-refractivity contribution in [2.24, 2.45) is 0 Å². The van der Waals surface area contributed by atoms with Gasteiger partial charge in [-0.15, -0.1) is 0 Å². The second-order valence-electron chi connectivity index (χ2n) is 0.283. The van der Waals surface area contributed by atoms with Crippen LogP contribution in [0, 0.1) is 0 Å². The normalized spacial score (nSPS) is 3.43. The van der Waals surface area contributed by atoms with Crippen molar-refractivity contribution in [1.82, 2.24) is 0 Å². The first-order valence-corrected chi connectivity index (χ1v) is 1.95. The van der Waals surface area contributed by atoms with Crippen molar-refractivity contribution in [1.29, 1.82) is 0 Å². The van der Waals surface area contributed by atoms with E-state index in [4.69, 9.17) is 14.1 Å². The van der Waals surface area contributed by atoms with Crippen LogP contribution in [-0.4, -0.2) is 96.9 Å². The van der Waals surface area contributed by atoms with Crippen LogP contribution in [0.4, 0.5) is 0 Å². The van der Waals surface area contributed by atoms with E-state index in [0.29, 0.717) is 0 Å². The van der Waals surface area contributed by atoms with E-state index < -0.39 is 9.17 Å². The van der Waals surface area contributed by atoms with Gasteiger partial charge in [0.15, 0.2) is 17.4 Å². The summed E-state index contributed by atoms with van der Waals surface area (Å²) in [6.07, 6.45) is 0. The fraction of sp³-hybridized carbons (Fsp3) is 0. The maximum absolute atomic E-state index is 8.74. The molecule has 0 unspecified atom stereocenters. The monoisotopic (exact) mass is 176 g/mol. The van der Waals surface area contributed by atoms with Crippen molar-refractivity contribution in [3.63, 3.8) is 0 Å². The van der Waals surface area contributed by atoms with Gasteiger partial charge in [-0.05, 0) is 0 Å². The van der Waals surface area contributed by atoms with Gasteiger partial charge in [0, 0.05) is 0 Å². The Morgan fingerprint density at radius 1 is 1.43 bits per heavy atom. The van der Waals surface area contributed by atoms with E-state index in [2.05, 4.69) is 0 Å². The van der Waals surface area contributed by atoms with Gasteiger partial charge in [-0.1, -0.05) is 0 Å². The summed E-state index contributed by atoms with van der Waals surface area (Å²) in [4.78, 5) is 14.3. The van der Waals surface area contributed by atoms with Crippen LogP contribution in [-0.2, 0) is 4.46 Å². The van der Waals surface area contributed by atoms with Crippen molar-refractivity contribution < 1.29 is 19.8 Å². The first kappa shape index (κ1) is 22.9. The minimum absolute atomic E-state index is 0. The summed E-state index contributed by atoms with van der Waals surface area (Å²) in [7, 11) is -3.13. The first-order valence-electron chi connectivity index (χ1n) is 0.651. The molecular weight excluding hydrogens is 167 g/mol. The zero-order valence-corrected chi connectivity index (χ0v) is 7.84. The fourth-order valence-corrected chi connectivity index (χ4v) is 0. The standard InChI is InChI=1S/Al.Ca.Mg.H2O3Si.7H/c;;;1-4(2)3;;;;;;;/h;;;1-2H;;;;;;;/q;2*+2;;;;;4*-1. The third-order valence-corrected chi connectivity index (χ3v) is 0. The Kier molecular flexibility index (Phi) is 51.4. The summed E-state index contributed by atoms with van der Waals surface area (Å²) in [6.45, 7) is 0. The molecule has 0 aromatic heterocycles. The maximum atomic E-state index is 8.74. The zero-order valence-electron chi connectivity index (χ0n) is 7.22. The molecule has 0 atom stereocenters. The van der Waals surface area contributed by atoms with Crippen LogP contribution in [0.25, 0.3) is 0 Å². The molecule has 0 aliphatic heterocycles. The summed E-state index contributed by atoms with van der Waals surface area (Å²) in [6, 6.07) is 0. The van der Waals surface area contributed by atoms with Crippen molar-refractivity contribution in [2.45, 2.75) is 0 Å². The van der Waals surface area contributed by atoms with Gasteiger partial charge >= 0.3 is 70.0 Å². The fourth-order valence-electron chi connectivity index (χ4n) is 0. The topological polar surface area (TPSA) is 57.5 Å². The van der Waals surface area contributed by atoms with Gasteiger partial charge in [-0.25, -0.2) is 0 Å². The van der Waals surface area contributed by atoms with E-state index in [1.54, 1.807) is 0 Å². The quantitative estimate of drug-likeness (QED) is 0.384. The van der Waals surface area contributed by atoms with E-state index in [0.717, 1.165) is 0 Å². The third kappa shape index (κ3) is 65.9. The van der Waals surface area contributed by atoms with Crippen molar-refractivity contribution in [3.8, 4) is 0 Å². The predicted molar refractivity (Wildman–Crippen MR) is 36.8 cm³/mol. The molecule has 0 saturated carbocycles. The second kappa shape index (κ2) is 15.7. The van der Waals surface area contributed by atoms with Crippen molar-refractivity contribution >= 4 is 87.3 Å². The molecule has 0 aliphatic rings. The van der Waals surface area contributed by atoms with Crippen LogP contribution < -0.4 is 0 Å². The van der Waals surface area contributed by atoms with Crippen LogP contribution >= 0.6 is 0 Å². The van der Waals surface area contributed by atoms with Crippen LogP contribution in [0.3, 0.4) is 0 Å². The summed E-state index contributed by atoms with van der Waals surface area (Å²) in [5.74, 6) is 0. The average Bonchev–Trinajstić information content (AvgIpc) is 0.811. The average molecular weight is 177 g/mol. The molecule has 0 bridgehead atoms. The van der Waals surface area contributed by atoms with E-state index in [1.165, 1.54) is 0 Å². The Bertz CT molecular complexity index is 48.3. The molecule has 38 valence electrons. The SMILES string of the molecule is O=[Si](O)O.[AlH3].[Ca+2].[H-].[H-].[H-].[H-].[Mg+2]. The summed E-state index contributed by atoms with van der Waals surface area (Å²) in [5, 5.41) is 0. The largest absolute Gasteiger partial charge is 2.00 e. The van der Waals surface area contributed by atoms with Crippen LogP contribution in [0.2, 0.25) is 0 Å². The van der Waals surface area contributed by atoms with E-state index in [9.17, 15) is 0 Å². The van der Waals surface area contributed by atoms with Crippen molar-refractivity contribution in [2.75, 3.05) is 0 Å². The molecular formula is H9AlCaMgO3Si. The first-order chi connectivity index (χ1) is 1.73. The van der Waals surface area contributed by atoms with Gasteiger partial charge in [0.1, 0.15) is 0 Å². The molecule has 7 heteroatoms. The van der Waals surface area contributed by atoms with Gasteiger partial charge in [0.25, 0.3) is 0 Å². The maximum Gasteiger partial charge on any atom is 2.00 e. The molecule has 0 amide bonds. The molecule has 3 nitrogen and oxygen atoms in total. The van der Waals surface area contributed by atoms with Gasteiger partial charge in [0.2, 0.25) is 0 Å². The summed E-state index contributed by atoms with van der Waals surface area (Å²) >= 11 is 0. The Balaban J connectivity index is -0.00000000214. The number of rotatable bonds is 0. The molecule has 2 N–H and O–H groups in total. The van der Waals surface area contributed by atoms with Gasteiger partial charge < -0.3 is 15.3 Å². The second-order valence-corrected chi connectivity index (χ2v) is 0.848. The molecule has 0 fully saturated rings. The molecule has 0 aromatic carbocycles. The van der Waals surface area contributed by atoms with Crippen LogP contribution in [0.1, 0.15) is 5.71 Å². The minimum Gasteiger partial charge on any atom is -1.00 e. The molecule has 0 spiro atoms. The van der Waals surface area contributed by atoms with Crippen LogP contribution in [0.15, 0.2) is 0 Å². The number of hydrogen-bond acceptors (Lipinski definition) is 1. The summed E-state index contributed by atoms with van der Waals surface area (Å²) in [5.41, 5.74) is 0. The van der Waals surface area contributed by atoms with E-state index >= 15 is 0 Å². The zero-order chi connectivity index (χ0) is 3.58. The Morgan fingerprint density at radius 2 is 1.43 bits per heavy atom. The van der Waals surface area contributed by atoms with Gasteiger partial charge in [-0.2, -0.15) is 0 Å². The Labute approximate surface area is 106 Å². The third-order valence-electron chi connectivity index (χ3n) is 0. The smallest absolute Gasteiger partial charge is 1.00 e. The van der Waals surface area contributed by atoms with E-state index in [1.807, 2.05) is 0 Å². The molecule has 0 saturated heterocycles. The van der Waals surface area contributed by atoms with Gasteiger partial charge in [0.05, 0.1) is 0 Å². The molecule has 0 aromatic rings. The van der Waals surface area contributed by atoms with Crippen LogP contribution in [0.5, 0.6) is 0 Å². The van der Waals surface area contributed by atoms with E-state index in [-0.39, 0.29) is 83.9 Å².